The average Bonchev–Trinajstić information content (AvgIpc) is 2.56. The van der Waals surface area contributed by atoms with Crippen LogP contribution in [0.15, 0.2) is 66.2 Å². The van der Waals surface area contributed by atoms with Crippen LogP contribution in [-0.4, -0.2) is 5.71 Å². The molecular formula is C20H25N. The van der Waals surface area contributed by atoms with E-state index in [4.69, 9.17) is 5.41 Å². The predicted octanol–water partition coefficient (Wildman–Crippen LogP) is 5.58. The third-order valence-electron chi connectivity index (χ3n) is 3.35. The molecule has 1 heteroatoms. The first-order chi connectivity index (χ1) is 10.2. The highest BCUT2D eigenvalue weighted by Crippen LogP contribution is 2.12. The van der Waals surface area contributed by atoms with Crippen LogP contribution >= 0.6 is 0 Å². The molecule has 0 heterocycles. The van der Waals surface area contributed by atoms with Gasteiger partial charge in [-0.05, 0) is 42.5 Å². The standard InChI is InChI=1S/C18H19N.C2H6/c1-14-8-6-7-9-16(14)13-12-15(2)18(19)17-10-4-3-5-11-17;1-2/h3-12,19H,13H2,1-2H3;1-2H3/b15-12-,19-18?;. The van der Waals surface area contributed by atoms with Gasteiger partial charge in [-0.25, -0.2) is 0 Å². The zero-order chi connectivity index (χ0) is 15.7. The van der Waals surface area contributed by atoms with Crippen molar-refractivity contribution in [2.75, 3.05) is 0 Å². The molecule has 0 unspecified atom stereocenters. The lowest BCUT2D eigenvalue weighted by atomic mass is 10.00. The molecule has 0 saturated heterocycles. The van der Waals surface area contributed by atoms with Crippen LogP contribution in [0.2, 0.25) is 0 Å². The number of allylic oxidation sites excluding steroid dienone is 2. The molecule has 110 valence electrons. The molecule has 0 atom stereocenters. The van der Waals surface area contributed by atoms with E-state index in [9.17, 15) is 0 Å². The second kappa shape index (κ2) is 8.91. The van der Waals surface area contributed by atoms with Gasteiger partial charge >= 0.3 is 0 Å². The molecule has 2 aromatic carbocycles. The Kier molecular flexibility index (Phi) is 7.17. The van der Waals surface area contributed by atoms with Crippen molar-refractivity contribution < 1.29 is 0 Å². The zero-order valence-electron chi connectivity index (χ0n) is 13.5. The van der Waals surface area contributed by atoms with Gasteiger partial charge in [-0.15, -0.1) is 0 Å². The Morgan fingerprint density at radius 1 is 0.952 bits per heavy atom. The van der Waals surface area contributed by atoms with Crippen molar-refractivity contribution in [3.05, 3.63) is 82.9 Å². The van der Waals surface area contributed by atoms with E-state index in [1.165, 1.54) is 11.1 Å². The maximum atomic E-state index is 8.19. The number of rotatable bonds is 4. The first-order valence-electron chi connectivity index (χ1n) is 7.54. The first-order valence-corrected chi connectivity index (χ1v) is 7.54. The fourth-order valence-corrected chi connectivity index (χ4v) is 2.04. The van der Waals surface area contributed by atoms with E-state index in [-0.39, 0.29) is 0 Å². The van der Waals surface area contributed by atoms with Gasteiger partial charge in [0.2, 0.25) is 0 Å². The van der Waals surface area contributed by atoms with Gasteiger partial charge in [-0.1, -0.05) is 74.5 Å². The molecule has 0 aliphatic carbocycles. The Bertz CT molecular complexity index is 594. The Hall–Kier alpha value is -2.15. The lowest BCUT2D eigenvalue weighted by molar-refractivity contribution is 1.20. The summed E-state index contributed by atoms with van der Waals surface area (Å²) in [5, 5.41) is 8.19. The van der Waals surface area contributed by atoms with Crippen molar-refractivity contribution >= 4 is 5.71 Å². The summed E-state index contributed by atoms with van der Waals surface area (Å²) in [6.07, 6.45) is 3.02. The molecule has 0 spiro atoms. The van der Waals surface area contributed by atoms with E-state index in [1.54, 1.807) is 0 Å². The highest BCUT2D eigenvalue weighted by molar-refractivity contribution is 6.10. The molecule has 0 saturated carbocycles. The van der Waals surface area contributed by atoms with Crippen molar-refractivity contribution in [1.82, 2.24) is 0 Å². The molecule has 2 rings (SSSR count). The van der Waals surface area contributed by atoms with Crippen molar-refractivity contribution in [2.45, 2.75) is 34.1 Å². The monoisotopic (exact) mass is 279 g/mol. The summed E-state index contributed by atoms with van der Waals surface area (Å²) in [7, 11) is 0. The third kappa shape index (κ3) is 5.03. The number of benzene rings is 2. The Balaban J connectivity index is 0.00000106. The summed E-state index contributed by atoms with van der Waals surface area (Å²) in [4.78, 5) is 0. The number of hydrogen-bond donors (Lipinski definition) is 1. The molecule has 1 nitrogen and oxygen atoms in total. The first kappa shape index (κ1) is 16.9. The topological polar surface area (TPSA) is 23.9 Å². The van der Waals surface area contributed by atoms with E-state index in [0.29, 0.717) is 5.71 Å². The van der Waals surface area contributed by atoms with Crippen LogP contribution in [0, 0.1) is 12.3 Å². The van der Waals surface area contributed by atoms with Gasteiger partial charge in [0.15, 0.2) is 0 Å². The summed E-state index contributed by atoms with van der Waals surface area (Å²) in [5.41, 5.74) is 5.23. The normalized spacial score (nSPS) is 10.6. The smallest absolute Gasteiger partial charge is 0.0638 e. The van der Waals surface area contributed by atoms with Gasteiger partial charge < -0.3 is 5.41 Å². The molecule has 21 heavy (non-hydrogen) atoms. The summed E-state index contributed by atoms with van der Waals surface area (Å²) in [5.74, 6) is 0. The number of hydrogen-bond acceptors (Lipinski definition) is 1. The number of aryl methyl sites for hydroxylation is 1. The largest absolute Gasteiger partial charge is 0.300 e. The van der Waals surface area contributed by atoms with E-state index in [2.05, 4.69) is 37.3 Å². The fourth-order valence-electron chi connectivity index (χ4n) is 2.04. The fraction of sp³-hybridized carbons (Fsp3) is 0.250. The lowest BCUT2D eigenvalue weighted by Gasteiger charge is -2.06. The second-order valence-electron chi connectivity index (χ2n) is 4.76. The Morgan fingerprint density at radius 3 is 2.14 bits per heavy atom. The zero-order valence-corrected chi connectivity index (χ0v) is 13.5. The molecule has 0 aromatic heterocycles. The van der Waals surface area contributed by atoms with Crippen LogP contribution in [-0.2, 0) is 6.42 Å². The average molecular weight is 279 g/mol. The van der Waals surface area contributed by atoms with Gasteiger partial charge in [0.05, 0.1) is 5.71 Å². The summed E-state index contributed by atoms with van der Waals surface area (Å²) < 4.78 is 0. The minimum atomic E-state index is 0.606. The quantitative estimate of drug-likeness (QED) is 0.707. The molecule has 1 N–H and O–H groups in total. The maximum absolute atomic E-state index is 8.19. The Labute approximate surface area is 128 Å². The minimum absolute atomic E-state index is 0.606. The minimum Gasteiger partial charge on any atom is -0.300 e. The molecule has 0 amide bonds. The van der Waals surface area contributed by atoms with Crippen LogP contribution in [0.1, 0.15) is 37.5 Å². The van der Waals surface area contributed by atoms with Crippen molar-refractivity contribution in [2.24, 2.45) is 0 Å². The van der Waals surface area contributed by atoms with Gasteiger partial charge in [-0.3, -0.25) is 0 Å². The maximum Gasteiger partial charge on any atom is 0.0638 e. The SMILES string of the molecule is C/C(=C/Cc1ccccc1C)C(=N)c1ccccc1.CC. The summed E-state index contributed by atoms with van der Waals surface area (Å²) in [6, 6.07) is 18.3. The molecule has 0 radical (unpaired) electrons. The van der Waals surface area contributed by atoms with Crippen molar-refractivity contribution in [1.29, 1.82) is 5.41 Å². The summed E-state index contributed by atoms with van der Waals surface area (Å²) >= 11 is 0. The molecule has 0 fully saturated rings. The van der Waals surface area contributed by atoms with Gasteiger partial charge in [0.1, 0.15) is 0 Å². The molecule has 0 aliphatic rings. The van der Waals surface area contributed by atoms with E-state index in [0.717, 1.165) is 17.6 Å². The Morgan fingerprint density at radius 2 is 1.52 bits per heavy atom. The van der Waals surface area contributed by atoms with Crippen LogP contribution < -0.4 is 0 Å². The van der Waals surface area contributed by atoms with Crippen LogP contribution in [0.25, 0.3) is 0 Å². The highest BCUT2D eigenvalue weighted by atomic mass is 14.4. The molecule has 0 bridgehead atoms. The van der Waals surface area contributed by atoms with E-state index < -0.39 is 0 Å². The van der Waals surface area contributed by atoms with E-state index in [1.807, 2.05) is 51.1 Å². The van der Waals surface area contributed by atoms with Gasteiger partial charge in [0.25, 0.3) is 0 Å². The van der Waals surface area contributed by atoms with Crippen LogP contribution in [0.5, 0.6) is 0 Å². The van der Waals surface area contributed by atoms with Crippen LogP contribution in [0.3, 0.4) is 0 Å². The number of nitrogens with one attached hydrogen (secondary N) is 1. The van der Waals surface area contributed by atoms with Crippen molar-refractivity contribution in [3.8, 4) is 0 Å². The second-order valence-corrected chi connectivity index (χ2v) is 4.76. The summed E-state index contributed by atoms with van der Waals surface area (Å²) in [6.45, 7) is 8.13. The van der Waals surface area contributed by atoms with E-state index >= 15 is 0 Å². The highest BCUT2D eigenvalue weighted by Gasteiger charge is 2.03. The van der Waals surface area contributed by atoms with Crippen molar-refractivity contribution in [3.63, 3.8) is 0 Å². The molecular weight excluding hydrogens is 254 g/mol. The molecule has 2 aromatic rings. The van der Waals surface area contributed by atoms with Gasteiger partial charge in [-0.2, -0.15) is 0 Å². The third-order valence-corrected chi connectivity index (χ3v) is 3.35. The molecule has 0 aliphatic heterocycles. The lowest BCUT2D eigenvalue weighted by Crippen LogP contribution is -2.01. The van der Waals surface area contributed by atoms with Gasteiger partial charge in [0, 0.05) is 0 Å². The predicted molar refractivity (Wildman–Crippen MR) is 93.3 cm³/mol. The van der Waals surface area contributed by atoms with Crippen LogP contribution in [0.4, 0.5) is 0 Å².